The van der Waals surface area contributed by atoms with Crippen LogP contribution in [0.15, 0.2) is 43.0 Å². The average molecular weight is 275 g/mol. The number of benzene rings is 1. The van der Waals surface area contributed by atoms with E-state index in [0.717, 1.165) is 12.8 Å². The van der Waals surface area contributed by atoms with Crippen molar-refractivity contribution in [3.8, 4) is 0 Å². The van der Waals surface area contributed by atoms with Crippen LogP contribution < -0.4 is 5.32 Å². The lowest BCUT2D eigenvalue weighted by Gasteiger charge is -2.14. The van der Waals surface area contributed by atoms with Gasteiger partial charge in [-0.2, -0.15) is 0 Å². The van der Waals surface area contributed by atoms with E-state index >= 15 is 0 Å². The summed E-state index contributed by atoms with van der Waals surface area (Å²) in [7, 11) is 0. The first kappa shape index (κ1) is 16.0. The van der Waals surface area contributed by atoms with Crippen molar-refractivity contribution >= 4 is 11.9 Å². The third kappa shape index (κ3) is 6.18. The highest BCUT2D eigenvalue weighted by Crippen LogP contribution is 2.07. The molecule has 1 atom stereocenters. The Hall–Kier alpha value is -2.10. The van der Waals surface area contributed by atoms with Gasteiger partial charge >= 0.3 is 5.97 Å². The fourth-order valence-electron chi connectivity index (χ4n) is 1.91. The Bertz CT molecular complexity index is 442. The van der Waals surface area contributed by atoms with E-state index in [2.05, 4.69) is 11.9 Å². The molecular formula is C16H21NO3. The molecule has 1 aromatic rings. The minimum Gasteiger partial charge on any atom is -0.480 e. The molecule has 0 unspecified atom stereocenters. The van der Waals surface area contributed by atoms with Gasteiger partial charge in [-0.15, -0.1) is 6.58 Å². The van der Waals surface area contributed by atoms with Crippen molar-refractivity contribution in [2.75, 3.05) is 0 Å². The van der Waals surface area contributed by atoms with E-state index in [0.29, 0.717) is 12.8 Å². The van der Waals surface area contributed by atoms with Gasteiger partial charge in [0.05, 0.1) is 0 Å². The molecule has 0 bridgehead atoms. The largest absolute Gasteiger partial charge is 0.480 e. The Kier molecular flexibility index (Phi) is 7.11. The van der Waals surface area contributed by atoms with Crippen LogP contribution in [-0.2, 0) is 16.0 Å². The van der Waals surface area contributed by atoms with Crippen molar-refractivity contribution in [2.45, 2.75) is 38.1 Å². The second-order valence-corrected chi connectivity index (χ2v) is 4.66. The van der Waals surface area contributed by atoms with Gasteiger partial charge in [0.25, 0.3) is 0 Å². The van der Waals surface area contributed by atoms with Gasteiger partial charge in [-0.1, -0.05) is 36.4 Å². The summed E-state index contributed by atoms with van der Waals surface area (Å²) in [6, 6.07) is 9.08. The number of aliphatic carboxylic acids is 1. The van der Waals surface area contributed by atoms with Crippen molar-refractivity contribution in [2.24, 2.45) is 0 Å². The zero-order valence-electron chi connectivity index (χ0n) is 11.5. The normalized spacial score (nSPS) is 11.6. The first-order valence-corrected chi connectivity index (χ1v) is 6.80. The maximum absolute atomic E-state index is 11.5. The standard InChI is InChI=1S/C16H21NO3/c1-2-3-12-15(18)17-14(16(19)20)11-7-10-13-8-5-4-6-9-13/h2,4-6,8-9,14H,1,3,7,10-12H2,(H,17,18)(H,19,20)/t14-/m0/s1. The maximum Gasteiger partial charge on any atom is 0.326 e. The molecule has 4 nitrogen and oxygen atoms in total. The zero-order valence-corrected chi connectivity index (χ0v) is 11.5. The summed E-state index contributed by atoms with van der Waals surface area (Å²) in [5, 5.41) is 11.7. The molecule has 0 aliphatic heterocycles. The van der Waals surface area contributed by atoms with Gasteiger partial charge in [0, 0.05) is 6.42 Å². The molecule has 0 spiro atoms. The van der Waals surface area contributed by atoms with Crippen molar-refractivity contribution in [1.82, 2.24) is 5.32 Å². The molecule has 2 N–H and O–H groups in total. The molecule has 0 saturated carbocycles. The molecule has 1 rings (SSSR count). The number of carboxylic acid groups (broad SMARTS) is 1. The quantitative estimate of drug-likeness (QED) is 0.681. The number of carbonyl (C=O) groups is 2. The minimum absolute atomic E-state index is 0.239. The molecule has 0 saturated heterocycles. The van der Waals surface area contributed by atoms with Crippen molar-refractivity contribution < 1.29 is 14.7 Å². The molecule has 0 aromatic heterocycles. The number of rotatable bonds is 9. The molecule has 1 aromatic carbocycles. The van der Waals surface area contributed by atoms with Crippen LogP contribution in [0, 0.1) is 0 Å². The number of amides is 1. The van der Waals surface area contributed by atoms with Crippen LogP contribution in [0.3, 0.4) is 0 Å². The van der Waals surface area contributed by atoms with E-state index < -0.39 is 12.0 Å². The van der Waals surface area contributed by atoms with Crippen molar-refractivity contribution in [3.63, 3.8) is 0 Å². The highest BCUT2D eigenvalue weighted by atomic mass is 16.4. The third-order valence-electron chi connectivity index (χ3n) is 3.01. The molecule has 0 aliphatic rings. The van der Waals surface area contributed by atoms with Gasteiger partial charge in [0.15, 0.2) is 0 Å². The summed E-state index contributed by atoms with van der Waals surface area (Å²) >= 11 is 0. The molecule has 0 fully saturated rings. The number of aryl methyl sites for hydroxylation is 1. The van der Waals surface area contributed by atoms with Crippen LogP contribution in [0.4, 0.5) is 0 Å². The van der Waals surface area contributed by atoms with Gasteiger partial charge in [-0.3, -0.25) is 4.79 Å². The van der Waals surface area contributed by atoms with E-state index in [1.165, 1.54) is 5.56 Å². The van der Waals surface area contributed by atoms with Gasteiger partial charge in [0.2, 0.25) is 5.91 Å². The lowest BCUT2D eigenvalue weighted by molar-refractivity contribution is -0.142. The zero-order chi connectivity index (χ0) is 14.8. The molecule has 108 valence electrons. The predicted molar refractivity (Wildman–Crippen MR) is 78.4 cm³/mol. The second-order valence-electron chi connectivity index (χ2n) is 4.66. The van der Waals surface area contributed by atoms with E-state index in [4.69, 9.17) is 5.11 Å². The molecular weight excluding hydrogens is 254 g/mol. The van der Waals surface area contributed by atoms with E-state index in [9.17, 15) is 9.59 Å². The van der Waals surface area contributed by atoms with Crippen LogP contribution in [0.2, 0.25) is 0 Å². The van der Waals surface area contributed by atoms with E-state index in [1.54, 1.807) is 6.08 Å². The Morgan fingerprint density at radius 2 is 2.00 bits per heavy atom. The highest BCUT2D eigenvalue weighted by Gasteiger charge is 2.18. The predicted octanol–water partition coefficient (Wildman–Crippen LogP) is 2.54. The van der Waals surface area contributed by atoms with E-state index in [1.807, 2.05) is 30.3 Å². The van der Waals surface area contributed by atoms with Gasteiger partial charge in [0.1, 0.15) is 6.04 Å². The first-order chi connectivity index (χ1) is 9.63. The second kappa shape index (κ2) is 8.91. The number of hydrogen-bond acceptors (Lipinski definition) is 2. The van der Waals surface area contributed by atoms with Crippen molar-refractivity contribution in [1.29, 1.82) is 0 Å². The molecule has 1 amide bonds. The summed E-state index contributed by atoms with van der Waals surface area (Å²) in [6.07, 6.45) is 4.46. The summed E-state index contributed by atoms with van der Waals surface area (Å²) in [4.78, 5) is 22.6. The fraction of sp³-hybridized carbons (Fsp3) is 0.375. The Balaban J connectivity index is 2.37. The summed E-state index contributed by atoms with van der Waals surface area (Å²) in [6.45, 7) is 3.53. The summed E-state index contributed by atoms with van der Waals surface area (Å²) < 4.78 is 0. The fourth-order valence-corrected chi connectivity index (χ4v) is 1.91. The third-order valence-corrected chi connectivity index (χ3v) is 3.01. The van der Waals surface area contributed by atoms with Crippen LogP contribution in [0.5, 0.6) is 0 Å². The molecule has 0 heterocycles. The van der Waals surface area contributed by atoms with Crippen molar-refractivity contribution in [3.05, 3.63) is 48.6 Å². The van der Waals surface area contributed by atoms with Crippen LogP contribution in [0.25, 0.3) is 0 Å². The Morgan fingerprint density at radius 3 is 2.60 bits per heavy atom. The molecule has 0 radical (unpaired) electrons. The number of nitrogens with one attached hydrogen (secondary N) is 1. The summed E-state index contributed by atoms with van der Waals surface area (Å²) in [5.41, 5.74) is 1.18. The SMILES string of the molecule is C=CCCC(=O)N[C@@H](CCCc1ccccc1)C(=O)O. The summed E-state index contributed by atoms with van der Waals surface area (Å²) in [5.74, 6) is -1.22. The number of carbonyl (C=O) groups excluding carboxylic acids is 1. The molecule has 0 aliphatic carbocycles. The van der Waals surface area contributed by atoms with Gasteiger partial charge in [-0.25, -0.2) is 4.79 Å². The number of allylic oxidation sites excluding steroid dienone is 1. The van der Waals surface area contributed by atoms with Crippen LogP contribution >= 0.6 is 0 Å². The highest BCUT2D eigenvalue weighted by molar-refractivity contribution is 5.83. The van der Waals surface area contributed by atoms with Crippen LogP contribution in [-0.4, -0.2) is 23.0 Å². The monoisotopic (exact) mass is 275 g/mol. The molecule has 4 heteroatoms. The maximum atomic E-state index is 11.5. The smallest absolute Gasteiger partial charge is 0.326 e. The number of hydrogen-bond donors (Lipinski definition) is 2. The topological polar surface area (TPSA) is 66.4 Å². The lowest BCUT2D eigenvalue weighted by Crippen LogP contribution is -2.40. The van der Waals surface area contributed by atoms with E-state index in [-0.39, 0.29) is 12.3 Å². The molecule has 20 heavy (non-hydrogen) atoms. The average Bonchev–Trinajstić information content (AvgIpc) is 2.45. The minimum atomic E-state index is -0.981. The first-order valence-electron chi connectivity index (χ1n) is 6.80. The van der Waals surface area contributed by atoms with Gasteiger partial charge < -0.3 is 10.4 Å². The lowest BCUT2D eigenvalue weighted by atomic mass is 10.0. The van der Waals surface area contributed by atoms with Gasteiger partial charge in [-0.05, 0) is 31.2 Å². The Morgan fingerprint density at radius 1 is 1.30 bits per heavy atom. The Labute approximate surface area is 119 Å². The van der Waals surface area contributed by atoms with Crippen LogP contribution in [0.1, 0.15) is 31.2 Å². The number of carboxylic acids is 1.